The van der Waals surface area contributed by atoms with Crippen LogP contribution in [0.2, 0.25) is 0 Å². The molecule has 9 nitrogen and oxygen atoms in total. The molecule has 0 saturated carbocycles. The van der Waals surface area contributed by atoms with E-state index in [4.69, 9.17) is 0 Å². The summed E-state index contributed by atoms with van der Waals surface area (Å²) in [7, 11) is 0. The first-order chi connectivity index (χ1) is 19.5. The number of unbranched alkanes of at least 4 members (excludes halogenated alkanes) is 14. The van der Waals surface area contributed by atoms with Crippen molar-refractivity contribution < 1.29 is 44.1 Å². The summed E-state index contributed by atoms with van der Waals surface area (Å²) in [6.45, 7) is 6.22. The van der Waals surface area contributed by atoms with E-state index in [1.165, 1.54) is 64.2 Å². The van der Waals surface area contributed by atoms with Crippen LogP contribution in [0.4, 0.5) is 0 Å². The monoisotopic (exact) mass is 610 g/mol. The molecule has 0 aromatic rings. The van der Waals surface area contributed by atoms with Gasteiger partial charge in [-0.05, 0) is 19.3 Å². The predicted octanol–water partition coefficient (Wildman–Crippen LogP) is 3.57. The third kappa shape index (κ3) is 47.7. The maximum absolute atomic E-state index is 11.0. The fraction of sp³-hybridized carbons (Fsp3) is 0.812. The van der Waals surface area contributed by atoms with Crippen molar-refractivity contribution in [2.45, 2.75) is 168 Å². The van der Waals surface area contributed by atoms with Crippen LogP contribution in [-0.4, -0.2) is 52.6 Å². The van der Waals surface area contributed by atoms with Crippen molar-refractivity contribution in [3.63, 3.8) is 0 Å². The predicted molar refractivity (Wildman–Crippen MR) is 159 cm³/mol. The zero-order valence-electron chi connectivity index (χ0n) is 26.5. The molecule has 0 aromatic heterocycles. The van der Waals surface area contributed by atoms with E-state index in [1.54, 1.807) is 0 Å². The summed E-state index contributed by atoms with van der Waals surface area (Å²) in [5.41, 5.74) is 0. The van der Waals surface area contributed by atoms with Crippen LogP contribution in [0.15, 0.2) is 0 Å². The zero-order valence-corrected chi connectivity index (χ0v) is 27.7. The second kappa shape index (κ2) is 37.0. The summed E-state index contributed by atoms with van der Waals surface area (Å²) in [6, 6.07) is 0. The summed E-state index contributed by atoms with van der Waals surface area (Å²) in [4.78, 5) is 62.4. The molecule has 240 valence electrons. The summed E-state index contributed by atoms with van der Waals surface area (Å²) in [6.07, 6.45) is 19.3. The molecule has 0 rings (SSSR count). The van der Waals surface area contributed by atoms with E-state index in [-0.39, 0.29) is 34.7 Å². The van der Waals surface area contributed by atoms with Gasteiger partial charge in [0.25, 0.3) is 0 Å². The Morgan fingerprint density at radius 3 is 0.833 bits per heavy atom. The number of carboxylic acids is 3. The van der Waals surface area contributed by atoms with Crippen LogP contribution in [0.5, 0.6) is 0 Å². The van der Waals surface area contributed by atoms with E-state index in [1.807, 2.05) is 6.92 Å². The molecule has 0 aliphatic rings. The Kier molecular flexibility index (Phi) is 41.3. The molecule has 0 amide bonds. The number of hydrogen-bond acceptors (Lipinski definition) is 9. The average molecular weight is 611 g/mol. The molecule has 0 aromatic carbocycles. The molecule has 0 N–H and O–H groups in total. The first-order valence-electron chi connectivity index (χ1n) is 15.6. The van der Waals surface area contributed by atoms with Crippen molar-refractivity contribution >= 4 is 52.6 Å². The van der Waals surface area contributed by atoms with Gasteiger partial charge in [-0.2, -0.15) is 0 Å². The van der Waals surface area contributed by atoms with Crippen LogP contribution in [0.1, 0.15) is 168 Å². The van der Waals surface area contributed by atoms with Crippen molar-refractivity contribution in [3.8, 4) is 0 Å². The molecule has 0 aliphatic carbocycles. The molecular formula is C32H55AlO9. The van der Waals surface area contributed by atoms with Gasteiger partial charge in [0, 0.05) is 56.4 Å². The minimum absolute atomic E-state index is 0. The summed E-state index contributed by atoms with van der Waals surface area (Å²) in [5.74, 6) is -4.46. The van der Waals surface area contributed by atoms with Gasteiger partial charge < -0.3 is 29.7 Å². The molecule has 0 atom stereocenters. The number of carbonyl (C=O) groups excluding carboxylic acids is 6. The van der Waals surface area contributed by atoms with E-state index in [0.717, 1.165) is 38.5 Å². The molecule has 10 heteroatoms. The maximum Gasteiger partial charge on any atom is 3.00 e. The van der Waals surface area contributed by atoms with Gasteiger partial charge in [0.2, 0.25) is 0 Å². The van der Waals surface area contributed by atoms with Gasteiger partial charge >= 0.3 is 17.4 Å². The standard InChI is InChI=1S/2C13H24O3.C6H10O3.Al/c2*1-2-3-4-5-6-7-8-9-10-12(14)11-13(15)16;1-2-3-5(7)4-6(8)9;/h2*2-11H2,1H3,(H,15,16);2-4H2,1H3,(H,8,9);/q;;;+3/p-3. The van der Waals surface area contributed by atoms with E-state index < -0.39 is 37.2 Å². The molecule has 0 aliphatic heterocycles. The molecule has 0 fully saturated rings. The Bertz CT molecular complexity index is 664. The van der Waals surface area contributed by atoms with Crippen molar-refractivity contribution in [1.29, 1.82) is 0 Å². The van der Waals surface area contributed by atoms with E-state index in [9.17, 15) is 44.1 Å². The van der Waals surface area contributed by atoms with Crippen LogP contribution in [0.25, 0.3) is 0 Å². The summed E-state index contributed by atoms with van der Waals surface area (Å²) in [5, 5.41) is 30.0. The van der Waals surface area contributed by atoms with Gasteiger partial charge in [-0.25, -0.2) is 0 Å². The number of aliphatic carboxylic acids is 3. The second-order valence-corrected chi connectivity index (χ2v) is 10.5. The Hall–Kier alpha value is -2.05. The number of hydrogen-bond donors (Lipinski definition) is 0. The van der Waals surface area contributed by atoms with E-state index in [0.29, 0.717) is 25.7 Å². The van der Waals surface area contributed by atoms with Crippen LogP contribution >= 0.6 is 0 Å². The third-order valence-corrected chi connectivity index (χ3v) is 6.17. The number of ketones is 3. The number of rotatable bonds is 26. The normalized spacial score (nSPS) is 9.79. The van der Waals surface area contributed by atoms with Crippen LogP contribution in [0, 0.1) is 0 Å². The zero-order chi connectivity index (χ0) is 31.7. The van der Waals surface area contributed by atoms with Gasteiger partial charge in [-0.1, -0.05) is 111 Å². The summed E-state index contributed by atoms with van der Waals surface area (Å²) >= 11 is 0. The number of Topliss-reactive ketones (excluding diaryl/α,β-unsaturated/α-hetero) is 3. The molecule has 0 radical (unpaired) electrons. The molecule has 0 unspecified atom stereocenters. The fourth-order valence-electron chi connectivity index (χ4n) is 3.94. The van der Waals surface area contributed by atoms with Crippen molar-refractivity contribution in [1.82, 2.24) is 0 Å². The topological polar surface area (TPSA) is 172 Å². The van der Waals surface area contributed by atoms with Crippen LogP contribution in [0.3, 0.4) is 0 Å². The first-order valence-corrected chi connectivity index (χ1v) is 15.6. The first kappa shape index (κ1) is 46.9. The van der Waals surface area contributed by atoms with Gasteiger partial charge in [0.1, 0.15) is 17.3 Å². The third-order valence-electron chi connectivity index (χ3n) is 6.17. The van der Waals surface area contributed by atoms with Gasteiger partial charge in [0.15, 0.2) is 0 Å². The average Bonchev–Trinajstić information content (AvgIpc) is 2.87. The van der Waals surface area contributed by atoms with Gasteiger partial charge in [0.05, 0.1) is 0 Å². The quantitative estimate of drug-likeness (QED) is 0.0806. The van der Waals surface area contributed by atoms with Crippen molar-refractivity contribution in [2.24, 2.45) is 0 Å². The Labute approximate surface area is 264 Å². The Morgan fingerprint density at radius 2 is 0.595 bits per heavy atom. The molecule has 0 bridgehead atoms. The van der Waals surface area contributed by atoms with Crippen molar-refractivity contribution in [2.75, 3.05) is 0 Å². The van der Waals surface area contributed by atoms with Crippen molar-refractivity contribution in [3.05, 3.63) is 0 Å². The second-order valence-electron chi connectivity index (χ2n) is 10.5. The smallest absolute Gasteiger partial charge is 0.550 e. The SMILES string of the molecule is CCCC(=O)CC(=O)[O-].CCCCCCCCCCC(=O)CC(=O)[O-].CCCCCCCCCCC(=O)CC(=O)[O-].[Al+3]. The fourth-order valence-corrected chi connectivity index (χ4v) is 3.94. The van der Waals surface area contributed by atoms with E-state index in [2.05, 4.69) is 13.8 Å². The number of carbonyl (C=O) groups is 6. The van der Waals surface area contributed by atoms with Crippen LogP contribution in [-0.2, 0) is 28.8 Å². The minimum Gasteiger partial charge on any atom is -0.550 e. The molecule has 0 heterocycles. The minimum atomic E-state index is -1.28. The molecule has 42 heavy (non-hydrogen) atoms. The molecular weight excluding hydrogens is 555 g/mol. The van der Waals surface area contributed by atoms with Gasteiger partial charge in [-0.3, -0.25) is 14.4 Å². The van der Waals surface area contributed by atoms with Gasteiger partial charge in [-0.15, -0.1) is 0 Å². The maximum atomic E-state index is 11.0. The Morgan fingerprint density at radius 1 is 0.357 bits per heavy atom. The van der Waals surface area contributed by atoms with E-state index >= 15 is 0 Å². The Balaban J connectivity index is -0.000000265. The summed E-state index contributed by atoms with van der Waals surface area (Å²) < 4.78 is 0. The van der Waals surface area contributed by atoms with Crippen LogP contribution < -0.4 is 15.3 Å². The molecule has 0 spiro atoms. The molecule has 0 saturated heterocycles. The largest absolute Gasteiger partial charge is 3.00 e. The number of carboxylic acid groups (broad SMARTS) is 3.